The first-order valence-electron chi connectivity index (χ1n) is 6.56. The molecule has 2 aliphatic heterocycles. The number of fused-ring (bicyclic) bond motifs is 1. The predicted molar refractivity (Wildman–Crippen MR) is 68.7 cm³/mol. The zero-order chi connectivity index (χ0) is 13.9. The average molecular weight is 271 g/mol. The highest BCUT2D eigenvalue weighted by Gasteiger charge is 2.41. The second kappa shape index (κ2) is 5.25. The minimum atomic E-state index is -0.486. The Labute approximate surface area is 116 Å². The Morgan fingerprint density at radius 2 is 1.90 bits per heavy atom. The largest absolute Gasteiger partial charge is 0.450 e. The lowest BCUT2D eigenvalue weighted by molar-refractivity contribution is -0.142. The van der Waals surface area contributed by atoms with Gasteiger partial charge in [-0.2, -0.15) is 5.26 Å². The van der Waals surface area contributed by atoms with E-state index in [1.165, 1.54) is 0 Å². The maximum Gasteiger partial charge on any atom is 0.378 e. The maximum absolute atomic E-state index is 11.8. The molecule has 0 aromatic heterocycles. The number of rotatable bonds is 4. The van der Waals surface area contributed by atoms with Crippen LogP contribution in [-0.4, -0.2) is 12.1 Å². The van der Waals surface area contributed by atoms with Crippen molar-refractivity contribution in [3.05, 3.63) is 35.8 Å². The summed E-state index contributed by atoms with van der Waals surface area (Å²) in [6.07, 6.45) is 2.31. The summed E-state index contributed by atoms with van der Waals surface area (Å²) in [5, 5.41) is 8.51. The molecule has 5 heteroatoms. The van der Waals surface area contributed by atoms with Crippen molar-refractivity contribution in [2.75, 3.05) is 0 Å². The fourth-order valence-corrected chi connectivity index (χ4v) is 2.26. The van der Waals surface area contributed by atoms with E-state index in [-0.39, 0.29) is 5.76 Å². The summed E-state index contributed by atoms with van der Waals surface area (Å²) in [5.41, 5.74) is 0. The lowest BCUT2D eigenvalue weighted by Crippen LogP contribution is -2.17. The number of benzene rings is 1. The summed E-state index contributed by atoms with van der Waals surface area (Å²) in [4.78, 5) is 11.8. The molecule has 0 fully saturated rings. The lowest BCUT2D eigenvalue weighted by Gasteiger charge is -2.19. The van der Waals surface area contributed by atoms with Gasteiger partial charge in [0.05, 0.1) is 6.07 Å². The number of para-hydroxylation sites is 2. The van der Waals surface area contributed by atoms with E-state index in [0.717, 1.165) is 12.8 Å². The number of ether oxygens (including phenoxy) is 3. The lowest BCUT2D eigenvalue weighted by atomic mass is 10.1. The third-order valence-electron chi connectivity index (χ3n) is 3.24. The SMILES string of the molecule is N#CCCCCC1OC(=O)C2=C1Oc1ccccc1O2. The van der Waals surface area contributed by atoms with Gasteiger partial charge in [0.25, 0.3) is 5.76 Å². The molecule has 0 amide bonds. The Hall–Kier alpha value is -2.48. The number of hydrogen-bond acceptors (Lipinski definition) is 5. The highest BCUT2D eigenvalue weighted by atomic mass is 16.6. The standard InChI is InChI=1S/C15H13NO4/c16-9-5-1-2-8-12-13-14(15(17)20-12)19-11-7-4-3-6-10(11)18-13/h3-4,6-7,12H,1-2,5,8H2. The predicted octanol–water partition coefficient (Wildman–Crippen LogP) is 2.68. The number of nitriles is 1. The molecule has 0 bridgehead atoms. The van der Waals surface area contributed by atoms with E-state index in [2.05, 4.69) is 6.07 Å². The van der Waals surface area contributed by atoms with Crippen LogP contribution in [0.15, 0.2) is 35.8 Å². The van der Waals surface area contributed by atoms with Gasteiger partial charge in [0.2, 0.25) is 0 Å². The molecule has 1 unspecified atom stereocenters. The number of hydrogen-bond donors (Lipinski definition) is 0. The van der Waals surface area contributed by atoms with Gasteiger partial charge in [0, 0.05) is 6.42 Å². The van der Waals surface area contributed by atoms with Gasteiger partial charge >= 0.3 is 5.97 Å². The Kier molecular flexibility index (Phi) is 3.30. The molecule has 1 aromatic carbocycles. The second-order valence-corrected chi connectivity index (χ2v) is 4.64. The van der Waals surface area contributed by atoms with E-state index in [1.54, 1.807) is 12.1 Å². The molecule has 0 saturated heterocycles. The van der Waals surface area contributed by atoms with E-state index >= 15 is 0 Å². The topological polar surface area (TPSA) is 68.5 Å². The molecule has 1 aromatic rings. The Bertz CT molecular complexity index is 615. The van der Waals surface area contributed by atoms with Gasteiger partial charge in [0.1, 0.15) is 0 Å². The summed E-state index contributed by atoms with van der Waals surface area (Å²) in [5.74, 6) is 1.22. The highest BCUT2D eigenvalue weighted by molar-refractivity contribution is 5.90. The van der Waals surface area contributed by atoms with Crippen LogP contribution in [0.2, 0.25) is 0 Å². The molecule has 5 nitrogen and oxygen atoms in total. The second-order valence-electron chi connectivity index (χ2n) is 4.64. The Morgan fingerprint density at radius 3 is 2.65 bits per heavy atom. The van der Waals surface area contributed by atoms with E-state index in [0.29, 0.717) is 30.1 Å². The summed E-state index contributed by atoms with van der Waals surface area (Å²) in [6.45, 7) is 0. The van der Waals surface area contributed by atoms with Gasteiger partial charge in [-0.15, -0.1) is 0 Å². The molecule has 20 heavy (non-hydrogen) atoms. The van der Waals surface area contributed by atoms with Crippen LogP contribution < -0.4 is 9.47 Å². The smallest absolute Gasteiger partial charge is 0.378 e. The number of nitrogens with zero attached hydrogens (tertiary/aromatic N) is 1. The van der Waals surface area contributed by atoms with Crippen LogP contribution in [0.5, 0.6) is 11.5 Å². The highest BCUT2D eigenvalue weighted by Crippen LogP contribution is 2.40. The van der Waals surface area contributed by atoms with Crippen molar-refractivity contribution in [3.8, 4) is 17.6 Å². The first-order valence-corrected chi connectivity index (χ1v) is 6.56. The number of carbonyl (C=O) groups is 1. The number of esters is 1. The molecule has 2 heterocycles. The maximum atomic E-state index is 11.8. The minimum Gasteiger partial charge on any atom is -0.450 e. The average Bonchev–Trinajstić information content (AvgIpc) is 2.78. The van der Waals surface area contributed by atoms with Gasteiger partial charge in [-0.05, 0) is 31.4 Å². The molecular formula is C15H13NO4. The fraction of sp³-hybridized carbons (Fsp3) is 0.333. The van der Waals surface area contributed by atoms with Crippen LogP contribution in [0.1, 0.15) is 25.7 Å². The van der Waals surface area contributed by atoms with Crippen molar-refractivity contribution in [2.45, 2.75) is 31.8 Å². The monoisotopic (exact) mass is 271 g/mol. The molecule has 0 saturated carbocycles. The van der Waals surface area contributed by atoms with E-state index in [4.69, 9.17) is 19.5 Å². The number of unbranched alkanes of at least 4 members (excludes halogenated alkanes) is 2. The summed E-state index contributed by atoms with van der Waals surface area (Å²) >= 11 is 0. The zero-order valence-corrected chi connectivity index (χ0v) is 10.8. The zero-order valence-electron chi connectivity index (χ0n) is 10.8. The molecule has 0 spiro atoms. The Morgan fingerprint density at radius 1 is 1.15 bits per heavy atom. The normalized spacial score (nSPS) is 19.4. The number of carbonyl (C=O) groups excluding carboxylic acids is 1. The van der Waals surface area contributed by atoms with Crippen LogP contribution in [0.25, 0.3) is 0 Å². The molecule has 0 aliphatic carbocycles. The van der Waals surface area contributed by atoms with Crippen LogP contribution in [0.3, 0.4) is 0 Å². The van der Waals surface area contributed by atoms with Gasteiger partial charge in [-0.25, -0.2) is 4.79 Å². The van der Waals surface area contributed by atoms with E-state index < -0.39 is 12.1 Å². The van der Waals surface area contributed by atoms with Crippen molar-refractivity contribution in [3.63, 3.8) is 0 Å². The van der Waals surface area contributed by atoms with Crippen LogP contribution in [0.4, 0.5) is 0 Å². The first kappa shape index (κ1) is 12.5. The van der Waals surface area contributed by atoms with Crippen molar-refractivity contribution in [2.24, 2.45) is 0 Å². The third kappa shape index (κ3) is 2.21. The van der Waals surface area contributed by atoms with Gasteiger partial charge in [0.15, 0.2) is 23.4 Å². The van der Waals surface area contributed by atoms with Gasteiger partial charge in [-0.1, -0.05) is 12.1 Å². The molecule has 0 N–H and O–H groups in total. The molecule has 1 atom stereocenters. The quantitative estimate of drug-likeness (QED) is 0.622. The third-order valence-corrected chi connectivity index (χ3v) is 3.24. The Balaban J connectivity index is 1.73. The summed E-state index contributed by atoms with van der Waals surface area (Å²) < 4.78 is 16.6. The minimum absolute atomic E-state index is 0.147. The van der Waals surface area contributed by atoms with Gasteiger partial charge < -0.3 is 14.2 Å². The van der Waals surface area contributed by atoms with Crippen molar-refractivity contribution in [1.29, 1.82) is 5.26 Å². The van der Waals surface area contributed by atoms with Gasteiger partial charge in [-0.3, -0.25) is 0 Å². The van der Waals surface area contributed by atoms with Crippen molar-refractivity contribution in [1.82, 2.24) is 0 Å². The molecule has 102 valence electrons. The van der Waals surface area contributed by atoms with Crippen LogP contribution in [0, 0.1) is 11.3 Å². The van der Waals surface area contributed by atoms with Crippen molar-refractivity contribution >= 4 is 5.97 Å². The summed E-state index contributed by atoms with van der Waals surface area (Å²) in [7, 11) is 0. The summed E-state index contributed by atoms with van der Waals surface area (Å²) in [6, 6.07) is 9.28. The molecule has 0 radical (unpaired) electrons. The molecule has 3 rings (SSSR count). The van der Waals surface area contributed by atoms with E-state index in [1.807, 2.05) is 12.1 Å². The number of cyclic esters (lactones) is 1. The fourth-order valence-electron chi connectivity index (χ4n) is 2.26. The first-order chi connectivity index (χ1) is 9.79. The molecule has 2 aliphatic rings. The van der Waals surface area contributed by atoms with E-state index in [9.17, 15) is 4.79 Å². The van der Waals surface area contributed by atoms with Crippen molar-refractivity contribution < 1.29 is 19.0 Å². The molecular weight excluding hydrogens is 258 g/mol. The van der Waals surface area contributed by atoms with Crippen LogP contribution >= 0.6 is 0 Å². The van der Waals surface area contributed by atoms with Crippen LogP contribution in [-0.2, 0) is 9.53 Å².